The highest BCUT2D eigenvalue weighted by atomic mass is 32.2. The van der Waals surface area contributed by atoms with Crippen molar-refractivity contribution in [2.75, 3.05) is 6.26 Å². The number of imidazole rings is 1. The van der Waals surface area contributed by atoms with E-state index in [0.29, 0.717) is 0 Å². The van der Waals surface area contributed by atoms with Gasteiger partial charge >= 0.3 is 6.18 Å². The molecule has 1 aromatic carbocycles. The second kappa shape index (κ2) is 4.37. The number of alkyl halides is 3. The van der Waals surface area contributed by atoms with Crippen LogP contribution < -0.4 is 0 Å². The average Bonchev–Trinajstić information content (AvgIpc) is 2.76. The fourth-order valence-electron chi connectivity index (χ4n) is 1.58. The molecule has 102 valence electrons. The first-order valence-corrected chi connectivity index (χ1v) is 6.99. The van der Waals surface area contributed by atoms with Gasteiger partial charge in [0, 0.05) is 12.5 Å². The minimum absolute atomic E-state index is 0.0545. The lowest BCUT2D eigenvalue weighted by atomic mass is 10.3. The number of halogens is 3. The molecule has 0 saturated heterocycles. The Kier molecular flexibility index (Phi) is 3.13. The van der Waals surface area contributed by atoms with Crippen LogP contribution in [0.3, 0.4) is 0 Å². The molecule has 0 amide bonds. The van der Waals surface area contributed by atoms with Gasteiger partial charge in [0.1, 0.15) is 0 Å². The van der Waals surface area contributed by atoms with Gasteiger partial charge in [-0.3, -0.25) is 0 Å². The Morgan fingerprint density at radius 3 is 2.37 bits per heavy atom. The smallest absolute Gasteiger partial charge is 0.304 e. The number of para-hydroxylation sites is 1. The van der Waals surface area contributed by atoms with Crippen molar-refractivity contribution in [2.24, 2.45) is 0 Å². The summed E-state index contributed by atoms with van der Waals surface area (Å²) in [5.41, 5.74) is -0.941. The Morgan fingerprint density at radius 1 is 1.21 bits per heavy atom. The van der Waals surface area contributed by atoms with Crippen molar-refractivity contribution in [3.8, 4) is 5.69 Å². The summed E-state index contributed by atoms with van der Waals surface area (Å²) in [6, 6.07) is 5.79. The molecule has 19 heavy (non-hydrogen) atoms. The highest BCUT2D eigenvalue weighted by molar-refractivity contribution is 7.90. The van der Waals surface area contributed by atoms with E-state index in [9.17, 15) is 21.6 Å². The summed E-state index contributed by atoms with van der Waals surface area (Å²) in [6.45, 7) is 0. The summed E-state index contributed by atoms with van der Waals surface area (Å²) in [5, 5.41) is 0. The number of rotatable bonds is 2. The molecule has 0 saturated carbocycles. The Bertz CT molecular complexity index is 705. The average molecular weight is 290 g/mol. The molecule has 0 aliphatic heterocycles. The monoisotopic (exact) mass is 290 g/mol. The van der Waals surface area contributed by atoms with Crippen molar-refractivity contribution in [3.63, 3.8) is 0 Å². The molecule has 8 heteroatoms. The molecule has 0 N–H and O–H groups in total. The summed E-state index contributed by atoms with van der Waals surface area (Å²) in [6.07, 6.45) is -1.88. The minimum atomic E-state index is -4.56. The van der Waals surface area contributed by atoms with Crippen LogP contribution in [-0.4, -0.2) is 24.2 Å². The van der Waals surface area contributed by atoms with E-state index in [0.717, 1.165) is 23.3 Å². The van der Waals surface area contributed by atoms with Gasteiger partial charge in [-0.25, -0.2) is 13.4 Å². The summed E-state index contributed by atoms with van der Waals surface area (Å²) < 4.78 is 61.6. The van der Waals surface area contributed by atoms with Gasteiger partial charge in [0.15, 0.2) is 15.5 Å². The molecule has 0 bridgehead atoms. The largest absolute Gasteiger partial charge is 0.434 e. The zero-order valence-electron chi connectivity index (χ0n) is 9.72. The van der Waals surface area contributed by atoms with E-state index in [1.165, 1.54) is 24.3 Å². The van der Waals surface area contributed by atoms with Crippen LogP contribution in [0.15, 0.2) is 41.7 Å². The van der Waals surface area contributed by atoms with Gasteiger partial charge in [-0.2, -0.15) is 13.2 Å². The van der Waals surface area contributed by atoms with E-state index < -0.39 is 21.7 Å². The maximum absolute atomic E-state index is 12.5. The number of hydrogen-bond donors (Lipinski definition) is 0. The summed E-state index contributed by atoms with van der Waals surface area (Å²) in [4.78, 5) is 3.18. The third-order valence-electron chi connectivity index (χ3n) is 2.42. The lowest BCUT2D eigenvalue weighted by Gasteiger charge is -2.08. The van der Waals surface area contributed by atoms with E-state index in [2.05, 4.69) is 4.98 Å². The Hall–Kier alpha value is -1.83. The van der Waals surface area contributed by atoms with Crippen molar-refractivity contribution in [3.05, 3.63) is 42.5 Å². The number of sulfone groups is 1. The van der Waals surface area contributed by atoms with Crippen LogP contribution in [0.1, 0.15) is 5.69 Å². The van der Waals surface area contributed by atoms with E-state index >= 15 is 0 Å². The SMILES string of the molecule is CS(=O)(=O)c1ccccc1-n1cnc(C(F)(F)F)c1. The van der Waals surface area contributed by atoms with E-state index in [-0.39, 0.29) is 10.6 Å². The van der Waals surface area contributed by atoms with Gasteiger partial charge in [0.25, 0.3) is 0 Å². The van der Waals surface area contributed by atoms with E-state index in [4.69, 9.17) is 0 Å². The van der Waals surface area contributed by atoms with Gasteiger partial charge in [-0.15, -0.1) is 0 Å². The van der Waals surface area contributed by atoms with Gasteiger partial charge in [-0.1, -0.05) is 12.1 Å². The molecule has 0 atom stereocenters. The van der Waals surface area contributed by atoms with Gasteiger partial charge < -0.3 is 4.57 Å². The van der Waals surface area contributed by atoms with Crippen LogP contribution in [0.2, 0.25) is 0 Å². The fourth-order valence-corrected chi connectivity index (χ4v) is 2.46. The molecule has 0 spiro atoms. The molecule has 4 nitrogen and oxygen atoms in total. The van der Waals surface area contributed by atoms with Crippen LogP contribution in [-0.2, 0) is 16.0 Å². The minimum Gasteiger partial charge on any atom is -0.304 e. The Morgan fingerprint density at radius 2 is 1.84 bits per heavy atom. The molecule has 0 aliphatic carbocycles. The first kappa shape index (κ1) is 13.6. The third kappa shape index (κ3) is 2.78. The molecule has 0 unspecified atom stereocenters. The quantitative estimate of drug-likeness (QED) is 0.852. The maximum atomic E-state index is 12.5. The van der Waals surface area contributed by atoms with Crippen molar-refractivity contribution >= 4 is 9.84 Å². The normalized spacial score (nSPS) is 12.6. The standard InChI is InChI=1S/C11H9F3N2O2S/c1-19(17,18)9-5-3-2-4-8(9)16-6-10(15-7-16)11(12,13)14/h2-7H,1H3. The van der Waals surface area contributed by atoms with Gasteiger partial charge in [0.05, 0.1) is 16.9 Å². The lowest BCUT2D eigenvalue weighted by molar-refractivity contribution is -0.140. The van der Waals surface area contributed by atoms with Crippen molar-refractivity contribution < 1.29 is 21.6 Å². The van der Waals surface area contributed by atoms with Crippen LogP contribution in [0.5, 0.6) is 0 Å². The third-order valence-corrected chi connectivity index (χ3v) is 3.56. The molecule has 2 aromatic rings. The van der Waals surface area contributed by atoms with E-state index in [1.54, 1.807) is 0 Å². The van der Waals surface area contributed by atoms with Gasteiger partial charge in [-0.05, 0) is 12.1 Å². The molecule has 0 aliphatic rings. The number of nitrogens with zero attached hydrogens (tertiary/aromatic N) is 2. The Labute approximate surface area is 107 Å². The lowest BCUT2D eigenvalue weighted by Crippen LogP contribution is -2.06. The molecule has 1 heterocycles. The van der Waals surface area contributed by atoms with Crippen LogP contribution in [0, 0.1) is 0 Å². The van der Waals surface area contributed by atoms with Crippen LogP contribution in [0.4, 0.5) is 13.2 Å². The molecular formula is C11H9F3N2O2S. The second-order valence-corrected chi connectivity index (χ2v) is 5.89. The highest BCUT2D eigenvalue weighted by Gasteiger charge is 2.33. The van der Waals surface area contributed by atoms with Crippen LogP contribution >= 0.6 is 0 Å². The molecular weight excluding hydrogens is 281 g/mol. The fraction of sp³-hybridized carbons (Fsp3) is 0.182. The predicted octanol–water partition coefficient (Wildman–Crippen LogP) is 2.29. The van der Waals surface area contributed by atoms with Crippen molar-refractivity contribution in [2.45, 2.75) is 11.1 Å². The molecule has 0 fully saturated rings. The zero-order valence-corrected chi connectivity index (χ0v) is 10.5. The number of benzene rings is 1. The maximum Gasteiger partial charge on any atom is 0.434 e. The first-order chi connectivity index (χ1) is 8.69. The predicted molar refractivity (Wildman–Crippen MR) is 61.7 cm³/mol. The zero-order chi connectivity index (χ0) is 14.3. The first-order valence-electron chi connectivity index (χ1n) is 5.10. The molecule has 2 rings (SSSR count). The van der Waals surface area contributed by atoms with Crippen molar-refractivity contribution in [1.29, 1.82) is 0 Å². The number of hydrogen-bond acceptors (Lipinski definition) is 3. The topological polar surface area (TPSA) is 52.0 Å². The summed E-state index contributed by atoms with van der Waals surface area (Å²) in [5.74, 6) is 0. The molecule has 1 aromatic heterocycles. The molecule has 0 radical (unpaired) electrons. The summed E-state index contributed by atoms with van der Waals surface area (Å²) in [7, 11) is -3.54. The highest BCUT2D eigenvalue weighted by Crippen LogP contribution is 2.29. The van der Waals surface area contributed by atoms with E-state index in [1.807, 2.05) is 0 Å². The van der Waals surface area contributed by atoms with Crippen molar-refractivity contribution in [1.82, 2.24) is 9.55 Å². The van der Waals surface area contributed by atoms with Gasteiger partial charge in [0.2, 0.25) is 0 Å². The van der Waals surface area contributed by atoms with Crippen LogP contribution in [0.25, 0.3) is 5.69 Å². The number of aromatic nitrogens is 2. The second-order valence-electron chi connectivity index (χ2n) is 3.90. The Balaban J connectivity index is 2.58. The summed E-state index contributed by atoms with van der Waals surface area (Å²) >= 11 is 0.